The molecule has 102 valence electrons. The van der Waals surface area contributed by atoms with E-state index in [1.807, 2.05) is 0 Å². The molecule has 2 aliphatic heterocycles. The highest BCUT2D eigenvalue weighted by Gasteiger charge is 2.74. The summed E-state index contributed by atoms with van der Waals surface area (Å²) < 4.78 is 10.6. The van der Waals surface area contributed by atoms with Crippen LogP contribution in [0.5, 0.6) is 0 Å². The number of carbonyl (C=O) groups is 3. The molecule has 4 atom stereocenters. The Morgan fingerprint density at radius 1 is 1.37 bits per heavy atom. The Morgan fingerprint density at radius 3 is 2.79 bits per heavy atom. The molecule has 4 unspecified atom stereocenters. The van der Waals surface area contributed by atoms with Crippen molar-refractivity contribution in [2.75, 3.05) is 13.2 Å². The summed E-state index contributed by atoms with van der Waals surface area (Å²) in [6.45, 7) is 1.34. The number of amides is 2. The van der Waals surface area contributed by atoms with Gasteiger partial charge < -0.3 is 14.6 Å². The number of fused-ring (bicyclic) bond motifs is 4. The Balaban J connectivity index is 2.04. The van der Waals surface area contributed by atoms with Crippen LogP contribution in [0.1, 0.15) is 6.92 Å². The molecule has 3 rings (SSSR count). The van der Waals surface area contributed by atoms with Gasteiger partial charge in [0.15, 0.2) is 0 Å². The van der Waals surface area contributed by atoms with Gasteiger partial charge in [-0.25, -0.2) is 0 Å². The number of hydrogen-bond acceptors (Lipinski definition) is 6. The number of aliphatic hydroxyl groups is 1. The van der Waals surface area contributed by atoms with Crippen LogP contribution in [0.3, 0.4) is 0 Å². The number of esters is 1. The van der Waals surface area contributed by atoms with Crippen LogP contribution in [0.4, 0.5) is 0 Å². The van der Waals surface area contributed by atoms with Crippen molar-refractivity contribution in [3.8, 4) is 0 Å². The smallest absolute Gasteiger partial charge is 0.318 e. The summed E-state index contributed by atoms with van der Waals surface area (Å²) in [5, 5.41) is 11.1. The number of aliphatic hydroxyl groups excluding tert-OH is 1. The number of allylic oxidation sites excluding steroid dienone is 1. The number of carbonyl (C=O) groups excluding carboxylic acids is 3. The Hall–Kier alpha value is -1.73. The minimum absolute atomic E-state index is 0.0156. The Kier molecular flexibility index (Phi) is 2.51. The van der Waals surface area contributed by atoms with E-state index in [-0.39, 0.29) is 13.2 Å². The minimum Gasteiger partial charge on any atom is -0.431 e. The van der Waals surface area contributed by atoms with Gasteiger partial charge in [0.1, 0.15) is 17.3 Å². The molecule has 19 heavy (non-hydrogen) atoms. The third kappa shape index (κ3) is 1.42. The van der Waals surface area contributed by atoms with Crippen molar-refractivity contribution >= 4 is 17.8 Å². The first-order valence-electron chi connectivity index (χ1n) is 6.02. The highest BCUT2D eigenvalue weighted by atomic mass is 16.6. The van der Waals surface area contributed by atoms with Crippen LogP contribution < -0.4 is 5.32 Å². The maximum Gasteiger partial charge on any atom is 0.318 e. The van der Waals surface area contributed by atoms with Gasteiger partial charge in [-0.2, -0.15) is 0 Å². The van der Waals surface area contributed by atoms with Crippen molar-refractivity contribution in [3.05, 3.63) is 11.8 Å². The van der Waals surface area contributed by atoms with Gasteiger partial charge in [0.2, 0.25) is 11.8 Å². The maximum absolute atomic E-state index is 11.9. The minimum atomic E-state index is -1.16. The summed E-state index contributed by atoms with van der Waals surface area (Å²) in [5.41, 5.74) is -1.16. The van der Waals surface area contributed by atoms with Crippen LogP contribution in [0.25, 0.3) is 0 Å². The summed E-state index contributed by atoms with van der Waals surface area (Å²) in [6, 6.07) is 0. The second kappa shape index (κ2) is 3.88. The van der Waals surface area contributed by atoms with Crippen molar-refractivity contribution in [2.45, 2.75) is 12.5 Å². The quantitative estimate of drug-likeness (QED) is 0.487. The zero-order chi connectivity index (χ0) is 13.8. The lowest BCUT2D eigenvalue weighted by molar-refractivity contribution is -0.214. The Labute approximate surface area is 108 Å². The SMILES string of the molecule is CC1=CC2(OCCO)C3C(=O)NC(=O)C3C2C(=O)O1. The number of ether oxygens (including phenoxy) is 2. The molecule has 0 aromatic carbocycles. The average molecular weight is 267 g/mol. The molecule has 2 fully saturated rings. The van der Waals surface area contributed by atoms with Crippen LogP contribution in [-0.2, 0) is 23.9 Å². The molecule has 7 heteroatoms. The van der Waals surface area contributed by atoms with E-state index in [2.05, 4.69) is 5.32 Å². The van der Waals surface area contributed by atoms with Crippen LogP contribution in [0.15, 0.2) is 11.8 Å². The molecule has 3 aliphatic rings. The summed E-state index contributed by atoms with van der Waals surface area (Å²) >= 11 is 0. The number of imide groups is 1. The molecule has 0 aromatic heterocycles. The van der Waals surface area contributed by atoms with Crippen molar-refractivity contribution in [1.82, 2.24) is 5.32 Å². The lowest BCUT2D eigenvalue weighted by atomic mass is 9.53. The number of cyclic esters (lactones) is 1. The van der Waals surface area contributed by atoms with E-state index in [0.29, 0.717) is 5.76 Å². The van der Waals surface area contributed by atoms with Crippen LogP contribution in [-0.4, -0.2) is 41.7 Å². The fourth-order valence-electron chi connectivity index (χ4n) is 3.31. The fraction of sp³-hybridized carbons (Fsp3) is 0.583. The van der Waals surface area contributed by atoms with Crippen LogP contribution >= 0.6 is 0 Å². The Bertz CT molecular complexity index is 512. The van der Waals surface area contributed by atoms with Gasteiger partial charge in [-0.15, -0.1) is 0 Å². The van der Waals surface area contributed by atoms with E-state index in [1.54, 1.807) is 13.0 Å². The number of rotatable bonds is 3. The summed E-state index contributed by atoms with van der Waals surface area (Å²) in [7, 11) is 0. The van der Waals surface area contributed by atoms with E-state index in [1.165, 1.54) is 0 Å². The lowest BCUT2D eigenvalue weighted by Crippen LogP contribution is -2.68. The summed E-state index contributed by atoms with van der Waals surface area (Å²) in [5.74, 6) is -3.41. The van der Waals surface area contributed by atoms with Gasteiger partial charge in [0.25, 0.3) is 0 Å². The zero-order valence-electron chi connectivity index (χ0n) is 10.2. The second-order valence-corrected chi connectivity index (χ2v) is 4.94. The third-order valence-corrected chi connectivity index (χ3v) is 3.91. The molecule has 0 aromatic rings. The lowest BCUT2D eigenvalue weighted by Gasteiger charge is -2.54. The third-order valence-electron chi connectivity index (χ3n) is 3.91. The van der Waals surface area contributed by atoms with E-state index in [4.69, 9.17) is 14.6 Å². The normalized spacial score (nSPS) is 39.8. The van der Waals surface area contributed by atoms with Gasteiger partial charge in [0, 0.05) is 0 Å². The van der Waals surface area contributed by atoms with Crippen molar-refractivity contribution < 1.29 is 29.0 Å². The zero-order valence-corrected chi connectivity index (χ0v) is 10.2. The summed E-state index contributed by atoms with van der Waals surface area (Å²) in [6.07, 6.45) is 1.56. The van der Waals surface area contributed by atoms with Gasteiger partial charge in [-0.1, -0.05) is 0 Å². The molecule has 2 heterocycles. The molecule has 2 N–H and O–H groups in total. The topological polar surface area (TPSA) is 102 Å². The van der Waals surface area contributed by atoms with E-state index in [9.17, 15) is 14.4 Å². The standard InChI is InChI=1S/C12H13NO6/c1-5-4-12(18-3-2-14)7-6(8(12)11(17)19-5)9(15)13-10(7)16/h4,6-8,14H,2-3H2,1H3,(H,13,15,16). The first-order chi connectivity index (χ1) is 9.01. The highest BCUT2D eigenvalue weighted by molar-refractivity contribution is 6.10. The van der Waals surface area contributed by atoms with E-state index >= 15 is 0 Å². The molecule has 0 spiro atoms. The predicted octanol–water partition coefficient (Wildman–Crippen LogP) is -1.29. The maximum atomic E-state index is 11.9. The van der Waals surface area contributed by atoms with Crippen molar-refractivity contribution in [3.63, 3.8) is 0 Å². The van der Waals surface area contributed by atoms with Crippen molar-refractivity contribution in [2.24, 2.45) is 17.8 Å². The van der Waals surface area contributed by atoms with Gasteiger partial charge in [0.05, 0.1) is 25.0 Å². The second-order valence-electron chi connectivity index (χ2n) is 4.94. The molecule has 1 saturated heterocycles. The van der Waals surface area contributed by atoms with E-state index in [0.717, 1.165) is 0 Å². The molecule has 0 radical (unpaired) electrons. The predicted molar refractivity (Wildman–Crippen MR) is 59.2 cm³/mol. The van der Waals surface area contributed by atoms with Crippen LogP contribution in [0.2, 0.25) is 0 Å². The van der Waals surface area contributed by atoms with Gasteiger partial charge in [-0.05, 0) is 13.0 Å². The monoisotopic (exact) mass is 267 g/mol. The molecule has 0 bridgehead atoms. The molecule has 7 nitrogen and oxygen atoms in total. The fourth-order valence-corrected chi connectivity index (χ4v) is 3.31. The van der Waals surface area contributed by atoms with Crippen molar-refractivity contribution in [1.29, 1.82) is 0 Å². The molecular formula is C12H13NO6. The number of hydrogen-bond donors (Lipinski definition) is 2. The molecule has 2 amide bonds. The molecular weight excluding hydrogens is 254 g/mol. The Morgan fingerprint density at radius 2 is 2.11 bits per heavy atom. The highest BCUT2D eigenvalue weighted by Crippen LogP contribution is 2.57. The summed E-state index contributed by atoms with van der Waals surface area (Å²) in [4.78, 5) is 35.4. The van der Waals surface area contributed by atoms with Gasteiger partial charge >= 0.3 is 5.97 Å². The van der Waals surface area contributed by atoms with E-state index < -0.39 is 41.1 Å². The first-order valence-corrected chi connectivity index (χ1v) is 6.02. The van der Waals surface area contributed by atoms with Gasteiger partial charge in [-0.3, -0.25) is 19.7 Å². The average Bonchev–Trinajstić information content (AvgIpc) is 2.55. The molecule has 1 aliphatic carbocycles. The largest absolute Gasteiger partial charge is 0.431 e. The first kappa shape index (κ1) is 12.3. The van der Waals surface area contributed by atoms with Crippen LogP contribution in [0, 0.1) is 17.8 Å². The molecule has 1 saturated carbocycles. The number of nitrogens with one attached hydrogen (secondary N) is 1.